The highest BCUT2D eigenvalue weighted by atomic mass is 16.5. The minimum atomic E-state index is 0.597. The first-order valence-corrected chi connectivity index (χ1v) is 6.86. The summed E-state index contributed by atoms with van der Waals surface area (Å²) in [6, 6.07) is 3.71. The molecule has 0 saturated heterocycles. The molecule has 0 saturated carbocycles. The van der Waals surface area contributed by atoms with Crippen molar-refractivity contribution < 1.29 is 4.74 Å². The van der Waals surface area contributed by atoms with E-state index in [1.54, 1.807) is 17.1 Å². The molecule has 7 nitrogen and oxygen atoms in total. The normalized spacial score (nSPS) is 10.8. The third-order valence-electron chi connectivity index (χ3n) is 3.04. The molecule has 0 spiro atoms. The maximum absolute atomic E-state index is 5.32. The smallest absolute Gasteiger partial charge is 0.213 e. The van der Waals surface area contributed by atoms with Crippen LogP contribution in [0.5, 0.6) is 5.88 Å². The molecule has 0 aromatic carbocycles. The number of hydrogen-bond acceptors (Lipinski definition) is 5. The predicted octanol–water partition coefficient (Wildman–Crippen LogP) is 1.81. The average molecular weight is 284 g/mol. The molecule has 3 aromatic heterocycles. The molecule has 0 aliphatic carbocycles. The van der Waals surface area contributed by atoms with Crippen molar-refractivity contribution in [1.82, 2.24) is 29.5 Å². The Morgan fingerprint density at radius 3 is 2.81 bits per heavy atom. The van der Waals surface area contributed by atoms with Crippen molar-refractivity contribution >= 4 is 0 Å². The molecule has 0 aliphatic heterocycles. The van der Waals surface area contributed by atoms with Crippen LogP contribution >= 0.6 is 0 Å². The van der Waals surface area contributed by atoms with Gasteiger partial charge in [0.1, 0.15) is 5.82 Å². The van der Waals surface area contributed by atoms with Gasteiger partial charge in [-0.25, -0.2) is 14.6 Å². The van der Waals surface area contributed by atoms with Crippen LogP contribution in [0.2, 0.25) is 0 Å². The summed E-state index contributed by atoms with van der Waals surface area (Å²) in [6.07, 6.45) is 8.03. The molecule has 0 radical (unpaired) electrons. The van der Waals surface area contributed by atoms with Gasteiger partial charge in [0.25, 0.3) is 0 Å². The lowest BCUT2D eigenvalue weighted by Gasteiger charge is -2.03. The van der Waals surface area contributed by atoms with Gasteiger partial charge in [-0.3, -0.25) is 4.57 Å². The summed E-state index contributed by atoms with van der Waals surface area (Å²) in [5.74, 6) is 2.29. The molecule has 0 N–H and O–H groups in total. The lowest BCUT2D eigenvalue weighted by molar-refractivity contribution is 0.327. The van der Waals surface area contributed by atoms with Crippen molar-refractivity contribution in [3.8, 4) is 17.4 Å². The number of hydrogen-bond donors (Lipinski definition) is 0. The molecular formula is C14H16N6O. The van der Waals surface area contributed by atoms with E-state index in [-0.39, 0.29) is 0 Å². The van der Waals surface area contributed by atoms with Crippen LogP contribution in [0.4, 0.5) is 0 Å². The highest BCUT2D eigenvalue weighted by Gasteiger charge is 2.08. The van der Waals surface area contributed by atoms with Crippen LogP contribution in [0.3, 0.4) is 0 Å². The van der Waals surface area contributed by atoms with E-state index >= 15 is 0 Å². The quantitative estimate of drug-likeness (QED) is 0.714. The highest BCUT2D eigenvalue weighted by molar-refractivity contribution is 5.32. The zero-order valence-corrected chi connectivity index (χ0v) is 12.0. The van der Waals surface area contributed by atoms with E-state index in [0.29, 0.717) is 12.5 Å². The largest absolute Gasteiger partial charge is 0.478 e. The summed E-state index contributed by atoms with van der Waals surface area (Å²) >= 11 is 0. The summed E-state index contributed by atoms with van der Waals surface area (Å²) in [7, 11) is 0. The molecule has 0 atom stereocenters. The number of aromatic nitrogens is 6. The minimum Gasteiger partial charge on any atom is -0.478 e. The Morgan fingerprint density at radius 1 is 1.19 bits per heavy atom. The van der Waals surface area contributed by atoms with Gasteiger partial charge in [-0.05, 0) is 13.0 Å². The maximum Gasteiger partial charge on any atom is 0.213 e. The first-order chi connectivity index (χ1) is 10.3. The molecule has 0 unspecified atom stereocenters. The van der Waals surface area contributed by atoms with E-state index in [9.17, 15) is 0 Å². The predicted molar refractivity (Wildman–Crippen MR) is 76.8 cm³/mol. The molecular weight excluding hydrogens is 268 g/mol. The summed E-state index contributed by atoms with van der Waals surface area (Å²) in [5.41, 5.74) is 0.829. The second-order valence-electron chi connectivity index (χ2n) is 4.38. The van der Waals surface area contributed by atoms with Gasteiger partial charge in [-0.1, -0.05) is 12.1 Å². The monoisotopic (exact) mass is 284 g/mol. The molecule has 0 aliphatic rings. The molecule has 3 heterocycles. The third kappa shape index (κ3) is 2.62. The highest BCUT2D eigenvalue weighted by Crippen LogP contribution is 2.13. The first-order valence-electron chi connectivity index (χ1n) is 6.86. The number of ether oxygens (including phenoxy) is 1. The average Bonchev–Trinajstić information content (AvgIpc) is 3.17. The topological polar surface area (TPSA) is 70.7 Å². The summed E-state index contributed by atoms with van der Waals surface area (Å²) in [4.78, 5) is 8.50. The molecule has 3 aromatic rings. The van der Waals surface area contributed by atoms with Crippen LogP contribution < -0.4 is 4.74 Å². The second kappa shape index (κ2) is 5.74. The summed E-state index contributed by atoms with van der Waals surface area (Å²) < 4.78 is 8.92. The van der Waals surface area contributed by atoms with E-state index in [1.165, 1.54) is 0 Å². The fourth-order valence-electron chi connectivity index (χ4n) is 2.04. The van der Waals surface area contributed by atoms with E-state index in [0.717, 1.165) is 23.8 Å². The van der Waals surface area contributed by atoms with Crippen LogP contribution in [0.15, 0.2) is 36.9 Å². The Morgan fingerprint density at radius 2 is 2.10 bits per heavy atom. The fourth-order valence-corrected chi connectivity index (χ4v) is 2.04. The fraction of sp³-hybridized carbons (Fsp3) is 0.286. The van der Waals surface area contributed by atoms with Gasteiger partial charge < -0.3 is 4.74 Å². The van der Waals surface area contributed by atoms with Crippen LogP contribution in [-0.2, 0) is 6.42 Å². The number of imidazole rings is 1. The van der Waals surface area contributed by atoms with Gasteiger partial charge in [-0.2, -0.15) is 0 Å². The van der Waals surface area contributed by atoms with E-state index in [4.69, 9.17) is 4.74 Å². The Hall–Kier alpha value is -2.70. The van der Waals surface area contributed by atoms with Gasteiger partial charge in [0, 0.05) is 24.9 Å². The van der Waals surface area contributed by atoms with E-state index in [2.05, 4.69) is 27.2 Å². The van der Waals surface area contributed by atoms with E-state index in [1.807, 2.05) is 36.0 Å². The van der Waals surface area contributed by atoms with Gasteiger partial charge in [0.2, 0.25) is 5.88 Å². The SMILES string of the molecule is CCOc1ccc(-n2cc(-n3ccnc3CC)nn2)cn1. The number of nitrogens with zero attached hydrogens (tertiary/aromatic N) is 6. The van der Waals surface area contributed by atoms with Crippen molar-refractivity contribution in [1.29, 1.82) is 0 Å². The molecule has 0 amide bonds. The van der Waals surface area contributed by atoms with Crippen LogP contribution in [0, 0.1) is 0 Å². The van der Waals surface area contributed by atoms with Crippen molar-refractivity contribution in [2.24, 2.45) is 0 Å². The summed E-state index contributed by atoms with van der Waals surface area (Å²) in [5, 5.41) is 8.31. The van der Waals surface area contributed by atoms with E-state index < -0.39 is 0 Å². The zero-order chi connectivity index (χ0) is 14.7. The number of aryl methyl sites for hydroxylation is 1. The van der Waals surface area contributed by atoms with Crippen molar-refractivity contribution in [2.75, 3.05) is 6.61 Å². The third-order valence-corrected chi connectivity index (χ3v) is 3.04. The first kappa shape index (κ1) is 13.3. The lowest BCUT2D eigenvalue weighted by Crippen LogP contribution is -1.99. The summed E-state index contributed by atoms with van der Waals surface area (Å²) in [6.45, 7) is 4.58. The van der Waals surface area contributed by atoms with Crippen molar-refractivity contribution in [2.45, 2.75) is 20.3 Å². The van der Waals surface area contributed by atoms with Crippen LogP contribution in [0.1, 0.15) is 19.7 Å². The van der Waals surface area contributed by atoms with Crippen molar-refractivity contribution in [3.05, 3.63) is 42.7 Å². The molecule has 0 bridgehead atoms. The van der Waals surface area contributed by atoms with Gasteiger partial charge in [-0.15, -0.1) is 5.10 Å². The standard InChI is InChI=1S/C14H16N6O/c1-3-12-15-7-8-19(12)13-10-20(18-17-13)11-5-6-14(16-9-11)21-4-2/h5-10H,3-4H2,1-2H3. The van der Waals surface area contributed by atoms with Gasteiger partial charge >= 0.3 is 0 Å². The Kier molecular flexibility index (Phi) is 3.63. The van der Waals surface area contributed by atoms with Crippen LogP contribution in [0.25, 0.3) is 11.5 Å². The Bertz CT molecular complexity index is 715. The molecule has 3 rings (SSSR count). The number of pyridine rings is 1. The van der Waals surface area contributed by atoms with Crippen LogP contribution in [-0.4, -0.2) is 36.1 Å². The Labute approximate surface area is 122 Å². The molecule has 21 heavy (non-hydrogen) atoms. The Balaban J connectivity index is 1.87. The van der Waals surface area contributed by atoms with Crippen molar-refractivity contribution in [3.63, 3.8) is 0 Å². The molecule has 0 fully saturated rings. The number of rotatable bonds is 5. The second-order valence-corrected chi connectivity index (χ2v) is 4.38. The lowest BCUT2D eigenvalue weighted by atomic mass is 10.4. The van der Waals surface area contributed by atoms with Gasteiger partial charge in [0.15, 0.2) is 5.82 Å². The molecule has 7 heteroatoms. The minimum absolute atomic E-state index is 0.597. The molecule has 108 valence electrons. The maximum atomic E-state index is 5.32. The van der Waals surface area contributed by atoms with Gasteiger partial charge in [0.05, 0.1) is 24.7 Å². The zero-order valence-electron chi connectivity index (χ0n) is 12.0.